The van der Waals surface area contributed by atoms with Crippen molar-refractivity contribution in [3.8, 4) is 6.07 Å². The highest BCUT2D eigenvalue weighted by molar-refractivity contribution is 5.79. The quantitative estimate of drug-likeness (QED) is 0.711. The summed E-state index contributed by atoms with van der Waals surface area (Å²) in [6.45, 7) is 6.05. The highest BCUT2D eigenvalue weighted by atomic mass is 19.1. The normalized spacial score (nSPS) is 12.2. The fraction of sp³-hybridized carbons (Fsp3) is 0.286. The first-order valence-corrected chi connectivity index (χ1v) is 9.13. The van der Waals surface area contributed by atoms with Gasteiger partial charge in [0, 0.05) is 42.3 Å². The molecule has 0 saturated carbocycles. The summed E-state index contributed by atoms with van der Waals surface area (Å²) < 4.78 is 26.8. The van der Waals surface area contributed by atoms with Crippen molar-refractivity contribution in [2.75, 3.05) is 18.0 Å². The Balaban J connectivity index is 1.93. The number of amides is 1. The third-order valence-electron chi connectivity index (χ3n) is 4.34. The SMILES string of the molecule is CCN(/C(C)=C/NC(=O)CNC(C)c1ccc(F)cc1F)c1ccc(C#N)cn1. The molecule has 6 nitrogen and oxygen atoms in total. The molecule has 8 heteroatoms. The van der Waals surface area contributed by atoms with E-state index < -0.39 is 17.7 Å². The summed E-state index contributed by atoms with van der Waals surface area (Å²) in [6.07, 6.45) is 3.06. The van der Waals surface area contributed by atoms with Crippen molar-refractivity contribution in [2.24, 2.45) is 0 Å². The molecule has 0 aliphatic carbocycles. The smallest absolute Gasteiger partial charge is 0.237 e. The molecule has 2 aromatic rings. The van der Waals surface area contributed by atoms with Crippen LogP contribution in [0.2, 0.25) is 0 Å². The van der Waals surface area contributed by atoms with E-state index in [4.69, 9.17) is 5.26 Å². The van der Waals surface area contributed by atoms with Gasteiger partial charge in [-0.05, 0) is 39.0 Å². The molecular weight excluding hydrogens is 376 g/mol. The summed E-state index contributed by atoms with van der Waals surface area (Å²) >= 11 is 0. The standard InChI is InChI=1S/C21H23F2N5O/c1-4-28(20-8-5-16(10-24)12-26-20)14(2)11-27-21(29)13-25-15(3)18-7-6-17(22)9-19(18)23/h5-9,11-12,15,25H,4,13H2,1-3H3,(H,27,29)/b14-11+. The van der Waals surface area contributed by atoms with Crippen LogP contribution < -0.4 is 15.5 Å². The lowest BCUT2D eigenvalue weighted by molar-refractivity contribution is -0.119. The second-order valence-electron chi connectivity index (χ2n) is 6.38. The molecule has 0 aliphatic rings. The van der Waals surface area contributed by atoms with Crippen molar-refractivity contribution >= 4 is 11.7 Å². The number of hydrogen-bond acceptors (Lipinski definition) is 5. The Labute approximate surface area is 168 Å². The maximum Gasteiger partial charge on any atom is 0.237 e. The average Bonchev–Trinajstić information content (AvgIpc) is 2.71. The van der Waals surface area contributed by atoms with Crippen LogP contribution in [0, 0.1) is 23.0 Å². The van der Waals surface area contributed by atoms with Crippen LogP contribution in [-0.2, 0) is 4.79 Å². The summed E-state index contributed by atoms with van der Waals surface area (Å²) in [6, 6.07) is 8.33. The Kier molecular flexibility index (Phi) is 7.80. The van der Waals surface area contributed by atoms with Crippen LogP contribution in [0.15, 0.2) is 48.4 Å². The third-order valence-corrected chi connectivity index (χ3v) is 4.34. The van der Waals surface area contributed by atoms with Crippen molar-refractivity contribution in [2.45, 2.75) is 26.8 Å². The van der Waals surface area contributed by atoms with E-state index in [1.807, 2.05) is 24.8 Å². The number of nitriles is 1. The van der Waals surface area contributed by atoms with E-state index in [1.54, 1.807) is 25.3 Å². The van der Waals surface area contributed by atoms with Gasteiger partial charge in [0.15, 0.2) is 0 Å². The molecule has 1 unspecified atom stereocenters. The molecule has 1 aromatic heterocycles. The maximum absolute atomic E-state index is 13.8. The Morgan fingerprint density at radius 3 is 2.69 bits per heavy atom. The first-order valence-electron chi connectivity index (χ1n) is 9.13. The summed E-state index contributed by atoms with van der Waals surface area (Å²) in [7, 11) is 0. The fourth-order valence-corrected chi connectivity index (χ4v) is 2.73. The van der Waals surface area contributed by atoms with Crippen LogP contribution in [0.5, 0.6) is 0 Å². The molecular formula is C21H23F2N5O. The van der Waals surface area contributed by atoms with Crippen LogP contribution in [-0.4, -0.2) is 24.0 Å². The van der Waals surface area contributed by atoms with E-state index in [0.29, 0.717) is 17.9 Å². The van der Waals surface area contributed by atoms with Gasteiger partial charge < -0.3 is 15.5 Å². The van der Waals surface area contributed by atoms with E-state index in [0.717, 1.165) is 11.8 Å². The van der Waals surface area contributed by atoms with Crippen molar-refractivity contribution in [3.63, 3.8) is 0 Å². The van der Waals surface area contributed by atoms with Gasteiger partial charge >= 0.3 is 0 Å². The Morgan fingerprint density at radius 2 is 2.10 bits per heavy atom. The molecule has 1 aromatic carbocycles. The third kappa shape index (κ3) is 6.09. The number of nitrogens with one attached hydrogen (secondary N) is 2. The molecule has 0 aliphatic heterocycles. The first kappa shape index (κ1) is 22.0. The monoisotopic (exact) mass is 399 g/mol. The molecule has 1 amide bonds. The van der Waals surface area contributed by atoms with Crippen LogP contribution >= 0.6 is 0 Å². The number of carbonyl (C=O) groups excluding carboxylic acids is 1. The Bertz CT molecular complexity index is 922. The molecule has 152 valence electrons. The molecule has 0 fully saturated rings. The molecule has 1 atom stereocenters. The van der Waals surface area contributed by atoms with Gasteiger partial charge in [-0.25, -0.2) is 13.8 Å². The molecule has 2 rings (SSSR count). The Hall–Kier alpha value is -3.31. The predicted octanol–water partition coefficient (Wildman–Crippen LogP) is 3.39. The second-order valence-corrected chi connectivity index (χ2v) is 6.38. The van der Waals surface area contributed by atoms with Crippen LogP contribution in [0.3, 0.4) is 0 Å². The molecule has 0 saturated heterocycles. The van der Waals surface area contributed by atoms with Gasteiger partial charge in [-0.2, -0.15) is 5.26 Å². The minimum atomic E-state index is -0.658. The van der Waals surface area contributed by atoms with Gasteiger partial charge in [0.1, 0.15) is 23.5 Å². The first-order chi connectivity index (χ1) is 13.8. The molecule has 2 N–H and O–H groups in total. The highest BCUT2D eigenvalue weighted by Crippen LogP contribution is 2.18. The minimum Gasteiger partial charge on any atom is -0.330 e. The number of allylic oxidation sites excluding steroid dienone is 1. The molecule has 0 radical (unpaired) electrons. The van der Waals surface area contributed by atoms with Crippen molar-refractivity contribution in [1.29, 1.82) is 5.26 Å². The zero-order chi connectivity index (χ0) is 21.4. The fourth-order valence-electron chi connectivity index (χ4n) is 2.73. The molecule has 1 heterocycles. The number of nitrogens with zero attached hydrogens (tertiary/aromatic N) is 3. The van der Waals surface area contributed by atoms with Crippen LogP contribution in [0.25, 0.3) is 0 Å². The van der Waals surface area contributed by atoms with Crippen molar-refractivity contribution in [3.05, 3.63) is 71.2 Å². The van der Waals surface area contributed by atoms with Crippen LogP contribution in [0.1, 0.15) is 37.9 Å². The summed E-state index contributed by atoms with van der Waals surface area (Å²) in [4.78, 5) is 18.2. The summed E-state index contributed by atoms with van der Waals surface area (Å²) in [5, 5.41) is 14.5. The second kappa shape index (κ2) is 10.3. The predicted molar refractivity (Wildman–Crippen MR) is 107 cm³/mol. The minimum absolute atomic E-state index is 0.0387. The number of anilines is 1. The number of carbonyl (C=O) groups is 1. The number of halogens is 2. The van der Waals surface area contributed by atoms with E-state index in [2.05, 4.69) is 15.6 Å². The Morgan fingerprint density at radius 1 is 1.34 bits per heavy atom. The zero-order valence-corrected chi connectivity index (χ0v) is 16.5. The van der Waals surface area contributed by atoms with Gasteiger partial charge in [0.05, 0.1) is 12.1 Å². The molecule has 29 heavy (non-hydrogen) atoms. The number of pyridine rings is 1. The van der Waals surface area contributed by atoms with Crippen molar-refractivity contribution in [1.82, 2.24) is 15.6 Å². The van der Waals surface area contributed by atoms with Crippen molar-refractivity contribution < 1.29 is 13.6 Å². The van der Waals surface area contributed by atoms with E-state index in [9.17, 15) is 13.6 Å². The van der Waals surface area contributed by atoms with Gasteiger partial charge in [-0.15, -0.1) is 0 Å². The summed E-state index contributed by atoms with van der Waals surface area (Å²) in [5.74, 6) is -0.945. The maximum atomic E-state index is 13.8. The van der Waals surface area contributed by atoms with E-state index in [-0.39, 0.29) is 18.0 Å². The number of aromatic nitrogens is 1. The van der Waals surface area contributed by atoms with E-state index >= 15 is 0 Å². The van der Waals surface area contributed by atoms with Gasteiger partial charge in [-0.1, -0.05) is 6.07 Å². The number of rotatable bonds is 8. The zero-order valence-electron chi connectivity index (χ0n) is 16.5. The van der Waals surface area contributed by atoms with Gasteiger partial charge in [-0.3, -0.25) is 4.79 Å². The summed E-state index contributed by atoms with van der Waals surface area (Å²) in [5.41, 5.74) is 1.52. The van der Waals surface area contributed by atoms with Crippen LogP contribution in [0.4, 0.5) is 14.6 Å². The number of hydrogen-bond donors (Lipinski definition) is 2. The lowest BCUT2D eigenvalue weighted by atomic mass is 10.1. The molecule has 0 spiro atoms. The topological polar surface area (TPSA) is 81.0 Å². The number of benzene rings is 1. The lowest BCUT2D eigenvalue weighted by Crippen LogP contribution is -2.33. The van der Waals surface area contributed by atoms with Gasteiger partial charge in [0.25, 0.3) is 0 Å². The highest BCUT2D eigenvalue weighted by Gasteiger charge is 2.13. The average molecular weight is 399 g/mol. The van der Waals surface area contributed by atoms with Gasteiger partial charge in [0.2, 0.25) is 5.91 Å². The lowest BCUT2D eigenvalue weighted by Gasteiger charge is -2.22. The molecule has 0 bridgehead atoms. The largest absolute Gasteiger partial charge is 0.330 e. The van der Waals surface area contributed by atoms with E-state index in [1.165, 1.54) is 18.3 Å².